The molecule has 0 amide bonds. The Balaban J connectivity index is 2.07. The van der Waals surface area contributed by atoms with Crippen LogP contribution in [-0.2, 0) is 0 Å². The molecule has 0 spiro atoms. The van der Waals surface area contributed by atoms with Gasteiger partial charge in [-0.15, -0.1) is 0 Å². The third kappa shape index (κ3) is 0.632. The van der Waals surface area contributed by atoms with Gasteiger partial charge < -0.3 is 0 Å². The van der Waals surface area contributed by atoms with Gasteiger partial charge in [0.05, 0.1) is 13.0 Å². The maximum atomic E-state index is 2.30. The molecule has 62 valence electrons. The molecule has 1 aromatic rings. The summed E-state index contributed by atoms with van der Waals surface area (Å²) in [5.74, 6) is 0. The summed E-state index contributed by atoms with van der Waals surface area (Å²) in [6.45, 7) is 5.02. The van der Waals surface area contributed by atoms with Crippen LogP contribution in [0, 0.1) is 6.92 Å². The summed E-state index contributed by atoms with van der Waals surface area (Å²) >= 11 is 0. The van der Waals surface area contributed by atoms with Crippen molar-refractivity contribution in [3.8, 4) is 0 Å². The van der Waals surface area contributed by atoms with Crippen LogP contribution in [0.5, 0.6) is 0 Å². The first kappa shape index (κ1) is 6.67. The predicted molar refractivity (Wildman–Crippen MR) is 51.1 cm³/mol. The van der Waals surface area contributed by atoms with E-state index in [1.165, 1.54) is 29.6 Å². The molecule has 1 aromatic carbocycles. The third-order valence-corrected chi connectivity index (χ3v) is 3.56. The van der Waals surface area contributed by atoms with Crippen LogP contribution in [0.2, 0.25) is 0 Å². The molecule has 1 nitrogen and oxygen atoms in total. The highest BCUT2D eigenvalue weighted by Crippen LogP contribution is 2.49. The molecule has 0 saturated carbocycles. The first-order chi connectivity index (χ1) is 5.83. The van der Waals surface area contributed by atoms with Crippen LogP contribution in [0.4, 0.5) is 5.69 Å². The number of nitrogens with zero attached hydrogens (tertiary/aromatic N) is 1. The molecule has 3 rings (SSSR count). The highest BCUT2D eigenvalue weighted by molar-refractivity contribution is 5.57. The zero-order chi connectivity index (χ0) is 8.18. The van der Waals surface area contributed by atoms with Gasteiger partial charge in [-0.2, -0.15) is 0 Å². The highest BCUT2D eigenvalue weighted by Gasteiger charge is 2.64. The number of hydrogen-bond acceptors (Lipinski definition) is 0. The van der Waals surface area contributed by atoms with Crippen molar-refractivity contribution in [3.63, 3.8) is 0 Å². The van der Waals surface area contributed by atoms with Crippen molar-refractivity contribution in [1.82, 2.24) is 4.48 Å². The maximum Gasteiger partial charge on any atom is 0.149 e. The molecule has 2 aliphatic rings. The van der Waals surface area contributed by atoms with Gasteiger partial charge in [0.25, 0.3) is 0 Å². The minimum atomic E-state index is 0.992. The number of para-hydroxylation sites is 1. The minimum absolute atomic E-state index is 0.992. The number of quaternary nitrogens is 1. The van der Waals surface area contributed by atoms with Gasteiger partial charge in [0.2, 0.25) is 0 Å². The lowest BCUT2D eigenvalue weighted by molar-refractivity contribution is 0.373. The summed E-state index contributed by atoms with van der Waals surface area (Å²) in [6, 6.07) is 9.83. The van der Waals surface area contributed by atoms with Crippen molar-refractivity contribution in [2.75, 3.05) is 13.1 Å². The number of hydrogen-bond donors (Lipinski definition) is 0. The van der Waals surface area contributed by atoms with Crippen LogP contribution >= 0.6 is 0 Å². The van der Waals surface area contributed by atoms with E-state index < -0.39 is 0 Å². The van der Waals surface area contributed by atoms with E-state index in [0.717, 1.165) is 6.04 Å². The van der Waals surface area contributed by atoms with Crippen LogP contribution in [0.3, 0.4) is 0 Å². The Bertz CT molecular complexity index is 328. The summed E-state index contributed by atoms with van der Waals surface area (Å²) < 4.78 is 1.31. The van der Waals surface area contributed by atoms with Crippen molar-refractivity contribution in [2.24, 2.45) is 0 Å². The van der Waals surface area contributed by atoms with Crippen LogP contribution in [0.1, 0.15) is 12.0 Å². The van der Waals surface area contributed by atoms with Gasteiger partial charge in [0.1, 0.15) is 18.3 Å². The minimum Gasteiger partial charge on any atom is -0.278 e. The van der Waals surface area contributed by atoms with E-state index in [4.69, 9.17) is 0 Å². The van der Waals surface area contributed by atoms with Gasteiger partial charge in [-0.05, 0) is 13.0 Å². The molecule has 2 atom stereocenters. The molecule has 2 saturated heterocycles. The van der Waals surface area contributed by atoms with Crippen molar-refractivity contribution in [1.29, 1.82) is 0 Å². The summed E-state index contributed by atoms with van der Waals surface area (Å²) in [4.78, 5) is 0. The smallest absolute Gasteiger partial charge is 0.149 e. The Morgan fingerprint density at radius 1 is 1.33 bits per heavy atom. The molecule has 2 unspecified atom stereocenters. The van der Waals surface area contributed by atoms with Gasteiger partial charge in [-0.25, -0.2) is 0 Å². The Kier molecular flexibility index (Phi) is 1.06. The zero-order valence-corrected chi connectivity index (χ0v) is 7.46. The first-order valence-electron chi connectivity index (χ1n) is 4.76. The molecular weight excluding hydrogens is 146 g/mol. The lowest BCUT2D eigenvalue weighted by Gasteiger charge is -2.27. The van der Waals surface area contributed by atoms with Gasteiger partial charge in [-0.1, -0.05) is 18.2 Å². The fraction of sp³-hybridized carbons (Fsp3) is 0.455. The van der Waals surface area contributed by atoms with E-state index in [-0.39, 0.29) is 0 Å². The fourth-order valence-corrected chi connectivity index (χ4v) is 2.61. The Hall–Kier alpha value is -0.820. The van der Waals surface area contributed by atoms with Gasteiger partial charge in [0, 0.05) is 5.56 Å². The topological polar surface area (TPSA) is 0 Å². The third-order valence-electron chi connectivity index (χ3n) is 3.56. The monoisotopic (exact) mass is 160 g/mol. The molecule has 12 heavy (non-hydrogen) atoms. The molecule has 0 N–H and O–H groups in total. The molecule has 2 heterocycles. The fourth-order valence-electron chi connectivity index (χ4n) is 2.61. The Morgan fingerprint density at radius 3 is 2.67 bits per heavy atom. The molecule has 0 aliphatic carbocycles. The number of rotatable bonds is 1. The second-order valence-electron chi connectivity index (χ2n) is 4.17. The molecular formula is C11H14N+. The molecule has 1 heteroatoms. The summed E-state index contributed by atoms with van der Waals surface area (Å²) in [5.41, 5.74) is 3.05. The molecule has 2 fully saturated rings. The molecule has 2 aliphatic heterocycles. The molecule has 0 radical (unpaired) electrons. The van der Waals surface area contributed by atoms with Crippen molar-refractivity contribution < 1.29 is 0 Å². The second-order valence-corrected chi connectivity index (χ2v) is 4.17. The largest absolute Gasteiger partial charge is 0.278 e. The van der Waals surface area contributed by atoms with E-state index in [1.807, 2.05) is 0 Å². The van der Waals surface area contributed by atoms with Crippen molar-refractivity contribution in [2.45, 2.75) is 19.4 Å². The van der Waals surface area contributed by atoms with E-state index in [1.54, 1.807) is 5.69 Å². The van der Waals surface area contributed by atoms with Crippen LogP contribution in [0.25, 0.3) is 0 Å². The average Bonchev–Trinajstić information content (AvgIpc) is 2.57. The van der Waals surface area contributed by atoms with Crippen molar-refractivity contribution >= 4 is 5.69 Å². The summed E-state index contributed by atoms with van der Waals surface area (Å²) in [7, 11) is 0. The van der Waals surface area contributed by atoms with Crippen LogP contribution < -0.4 is 4.48 Å². The normalized spacial score (nSPS) is 36.9. The lowest BCUT2D eigenvalue weighted by Crippen LogP contribution is -2.40. The Morgan fingerprint density at radius 2 is 2.17 bits per heavy atom. The predicted octanol–water partition coefficient (Wildman–Crippen LogP) is 2.09. The lowest BCUT2D eigenvalue weighted by atomic mass is 10.1. The van der Waals surface area contributed by atoms with Crippen LogP contribution in [0.15, 0.2) is 24.3 Å². The number of benzene rings is 1. The van der Waals surface area contributed by atoms with Gasteiger partial charge >= 0.3 is 0 Å². The molecule has 0 bridgehead atoms. The van der Waals surface area contributed by atoms with Crippen molar-refractivity contribution in [3.05, 3.63) is 29.8 Å². The highest BCUT2D eigenvalue weighted by atomic mass is 15.6. The van der Waals surface area contributed by atoms with E-state index in [0.29, 0.717) is 0 Å². The van der Waals surface area contributed by atoms with Gasteiger partial charge in [-0.3, -0.25) is 4.48 Å². The average molecular weight is 160 g/mol. The summed E-state index contributed by atoms with van der Waals surface area (Å²) in [5, 5.41) is 0. The first-order valence-corrected chi connectivity index (χ1v) is 4.76. The second kappa shape index (κ2) is 1.91. The Labute approximate surface area is 73.2 Å². The zero-order valence-electron chi connectivity index (χ0n) is 7.46. The maximum absolute atomic E-state index is 2.30. The standard InChI is InChI=1S/C11H14N/c1-9-4-2-3-5-11(9)12-7-6-10(12)8-12/h2-5,10H,6-8H2,1H3/q+1. The number of aryl methyl sites for hydroxylation is 1. The van der Waals surface area contributed by atoms with Crippen LogP contribution in [-0.4, -0.2) is 19.1 Å². The van der Waals surface area contributed by atoms with E-state index in [9.17, 15) is 0 Å². The summed E-state index contributed by atoms with van der Waals surface area (Å²) in [6.07, 6.45) is 1.45. The quantitative estimate of drug-likeness (QED) is 0.436. The SMILES string of the molecule is Cc1ccccc1[N+]12CCC1C2. The number of fused-ring (bicyclic) bond motifs is 1. The van der Waals surface area contributed by atoms with Gasteiger partial charge in [0.15, 0.2) is 0 Å². The molecule has 0 aromatic heterocycles. The van der Waals surface area contributed by atoms with E-state index >= 15 is 0 Å². The van der Waals surface area contributed by atoms with E-state index in [2.05, 4.69) is 31.2 Å².